The summed E-state index contributed by atoms with van der Waals surface area (Å²) in [4.78, 5) is 4.37. The molecule has 1 rings (SSSR count). The first kappa shape index (κ1) is 13.4. The summed E-state index contributed by atoms with van der Waals surface area (Å²) in [6, 6.07) is 2.27. The van der Waals surface area contributed by atoms with Crippen LogP contribution in [0.25, 0.3) is 0 Å². The summed E-state index contributed by atoms with van der Waals surface area (Å²) in [6.07, 6.45) is 1.68. The van der Waals surface area contributed by atoms with E-state index >= 15 is 0 Å². The summed E-state index contributed by atoms with van der Waals surface area (Å²) < 4.78 is 5.21. The van der Waals surface area contributed by atoms with Gasteiger partial charge in [-0.05, 0) is 31.9 Å². The summed E-state index contributed by atoms with van der Waals surface area (Å²) in [7, 11) is 1.81. The fraction of sp³-hybridized carbons (Fsp3) is 0.700. The average Bonchev–Trinajstić information content (AvgIpc) is 2.77. The summed E-state index contributed by atoms with van der Waals surface area (Å²) in [5.41, 5.74) is -0.439. The molecule has 1 atom stereocenters. The zero-order chi connectivity index (χ0) is 12.0. The lowest BCUT2D eigenvalue weighted by molar-refractivity contribution is 0.479. The molecule has 0 spiro atoms. The maximum Gasteiger partial charge on any atom is 0.170 e. The zero-order valence-corrected chi connectivity index (χ0v) is 11.4. The maximum absolute atomic E-state index is 8.98. The Bertz CT molecular complexity index is 371. The minimum Gasteiger partial charge on any atom is -0.303 e. The van der Waals surface area contributed by atoms with E-state index < -0.39 is 5.54 Å². The Labute approximate surface area is 105 Å². The molecule has 0 aliphatic carbocycles. The summed E-state index contributed by atoms with van der Waals surface area (Å²) in [6.45, 7) is 3.95. The van der Waals surface area contributed by atoms with Gasteiger partial charge in [0.1, 0.15) is 11.4 Å². The zero-order valence-electron chi connectivity index (χ0n) is 9.78. The number of nitrogens with zero attached hydrogens (tertiary/aromatic N) is 3. The normalized spacial score (nSPS) is 14.4. The quantitative estimate of drug-likeness (QED) is 0.790. The molecule has 6 heteroatoms. The molecule has 1 N–H and O–H groups in total. The first-order valence-electron chi connectivity index (χ1n) is 5.19. The smallest absolute Gasteiger partial charge is 0.170 e. The van der Waals surface area contributed by atoms with Gasteiger partial charge in [0.15, 0.2) is 4.34 Å². The van der Waals surface area contributed by atoms with Gasteiger partial charge in [-0.25, -0.2) is 4.98 Å². The highest BCUT2D eigenvalue weighted by molar-refractivity contribution is 8.00. The molecule has 1 aromatic rings. The van der Waals surface area contributed by atoms with Crippen molar-refractivity contribution in [1.82, 2.24) is 14.7 Å². The third kappa shape index (κ3) is 3.74. The second-order valence-electron chi connectivity index (χ2n) is 3.62. The number of nitrogens with one attached hydrogen (secondary N) is 1. The van der Waals surface area contributed by atoms with Gasteiger partial charge in [0.2, 0.25) is 0 Å². The highest BCUT2D eigenvalue weighted by Gasteiger charge is 2.20. The van der Waals surface area contributed by atoms with Crippen LogP contribution in [0.15, 0.2) is 4.34 Å². The van der Waals surface area contributed by atoms with E-state index in [1.807, 2.05) is 20.9 Å². The van der Waals surface area contributed by atoms with Gasteiger partial charge < -0.3 is 5.32 Å². The predicted molar refractivity (Wildman–Crippen MR) is 67.7 cm³/mol. The van der Waals surface area contributed by atoms with Crippen LogP contribution >= 0.6 is 23.3 Å². The van der Waals surface area contributed by atoms with Crippen LogP contribution in [0.4, 0.5) is 0 Å². The molecule has 0 amide bonds. The number of hydrogen-bond acceptors (Lipinski definition) is 6. The van der Waals surface area contributed by atoms with Crippen molar-refractivity contribution in [3.05, 3.63) is 5.82 Å². The lowest BCUT2D eigenvalue weighted by atomic mass is 10.0. The van der Waals surface area contributed by atoms with Gasteiger partial charge in [0.05, 0.1) is 6.07 Å². The van der Waals surface area contributed by atoms with Gasteiger partial charge in [-0.3, -0.25) is 0 Å². The predicted octanol–water partition coefficient (Wildman–Crippen LogP) is 2.08. The van der Waals surface area contributed by atoms with Crippen molar-refractivity contribution in [2.45, 2.75) is 36.6 Å². The summed E-state index contributed by atoms with van der Waals surface area (Å²) >= 11 is 3.11. The third-order valence-corrected chi connectivity index (χ3v) is 4.26. The first-order chi connectivity index (χ1) is 7.63. The summed E-state index contributed by atoms with van der Waals surface area (Å²) in [5.74, 6) is 1.78. The molecule has 0 bridgehead atoms. The van der Waals surface area contributed by atoms with Crippen molar-refractivity contribution in [3.63, 3.8) is 0 Å². The van der Waals surface area contributed by atoms with E-state index in [4.69, 9.17) is 5.26 Å². The van der Waals surface area contributed by atoms with Crippen LogP contribution in [0.3, 0.4) is 0 Å². The van der Waals surface area contributed by atoms with Crippen LogP contribution < -0.4 is 5.32 Å². The SMILES string of the molecule is CCc1nsc(SCCC(C)(C#N)NC)n1. The van der Waals surface area contributed by atoms with E-state index in [0.29, 0.717) is 0 Å². The average molecular weight is 256 g/mol. The van der Waals surface area contributed by atoms with Gasteiger partial charge >= 0.3 is 0 Å². The fourth-order valence-electron chi connectivity index (χ4n) is 1.02. The lowest BCUT2D eigenvalue weighted by Gasteiger charge is -2.19. The van der Waals surface area contributed by atoms with Crippen molar-refractivity contribution in [3.8, 4) is 6.07 Å². The highest BCUT2D eigenvalue weighted by Crippen LogP contribution is 2.23. The van der Waals surface area contributed by atoms with Crippen molar-refractivity contribution in [2.75, 3.05) is 12.8 Å². The van der Waals surface area contributed by atoms with E-state index in [1.165, 1.54) is 11.5 Å². The molecule has 0 aliphatic rings. The Morgan fingerprint density at radius 1 is 1.62 bits per heavy atom. The minimum absolute atomic E-state index is 0.439. The largest absolute Gasteiger partial charge is 0.303 e. The van der Waals surface area contributed by atoms with Crippen LogP contribution in [0.2, 0.25) is 0 Å². The van der Waals surface area contributed by atoms with Crippen LogP contribution in [-0.2, 0) is 6.42 Å². The second-order valence-corrected chi connectivity index (χ2v) is 5.72. The Balaban J connectivity index is 2.38. The molecule has 0 aliphatic heterocycles. The molecule has 1 unspecified atom stereocenters. The van der Waals surface area contributed by atoms with Crippen molar-refractivity contribution in [1.29, 1.82) is 5.26 Å². The van der Waals surface area contributed by atoms with Crippen molar-refractivity contribution in [2.24, 2.45) is 0 Å². The van der Waals surface area contributed by atoms with Gasteiger partial charge in [0, 0.05) is 12.2 Å². The highest BCUT2D eigenvalue weighted by atomic mass is 32.2. The maximum atomic E-state index is 8.98. The number of aromatic nitrogens is 2. The van der Waals surface area contributed by atoms with Gasteiger partial charge in [-0.15, -0.1) is 0 Å². The van der Waals surface area contributed by atoms with E-state index in [2.05, 4.69) is 20.7 Å². The standard InChI is InChI=1S/C10H16N4S2/c1-4-8-13-9(16-14-8)15-6-5-10(2,7-11)12-3/h12H,4-6H2,1-3H3. The van der Waals surface area contributed by atoms with E-state index in [0.717, 1.165) is 28.8 Å². The topological polar surface area (TPSA) is 61.6 Å². The lowest BCUT2D eigenvalue weighted by Crippen LogP contribution is -2.38. The Morgan fingerprint density at radius 3 is 2.88 bits per heavy atom. The number of nitriles is 1. The Morgan fingerprint density at radius 2 is 2.38 bits per heavy atom. The van der Waals surface area contributed by atoms with E-state index in [-0.39, 0.29) is 0 Å². The number of hydrogen-bond donors (Lipinski definition) is 1. The Kier molecular flexibility index (Phi) is 5.19. The Hall–Kier alpha value is -0.640. The van der Waals surface area contributed by atoms with Crippen LogP contribution in [0, 0.1) is 11.3 Å². The van der Waals surface area contributed by atoms with Crippen LogP contribution in [-0.4, -0.2) is 27.7 Å². The third-order valence-electron chi connectivity index (χ3n) is 2.39. The first-order valence-corrected chi connectivity index (χ1v) is 6.95. The van der Waals surface area contributed by atoms with E-state index in [9.17, 15) is 0 Å². The molecule has 1 aromatic heterocycles. The van der Waals surface area contributed by atoms with Gasteiger partial charge in [-0.2, -0.15) is 9.64 Å². The van der Waals surface area contributed by atoms with Crippen LogP contribution in [0.5, 0.6) is 0 Å². The molecule has 0 radical (unpaired) electrons. The van der Waals surface area contributed by atoms with Gasteiger partial charge in [-0.1, -0.05) is 18.7 Å². The summed E-state index contributed by atoms with van der Waals surface area (Å²) in [5, 5.41) is 12.0. The van der Waals surface area contributed by atoms with Crippen LogP contribution in [0.1, 0.15) is 26.1 Å². The van der Waals surface area contributed by atoms with Gasteiger partial charge in [0.25, 0.3) is 0 Å². The number of aryl methyl sites for hydroxylation is 1. The fourth-order valence-corrected chi connectivity index (χ4v) is 2.95. The molecule has 1 heterocycles. The molecule has 0 fully saturated rings. The molecular formula is C10H16N4S2. The minimum atomic E-state index is -0.439. The molecular weight excluding hydrogens is 240 g/mol. The number of thioether (sulfide) groups is 1. The monoisotopic (exact) mass is 256 g/mol. The molecule has 0 saturated carbocycles. The molecule has 16 heavy (non-hydrogen) atoms. The molecule has 88 valence electrons. The molecule has 4 nitrogen and oxygen atoms in total. The molecule has 0 saturated heterocycles. The molecule has 0 aromatic carbocycles. The van der Waals surface area contributed by atoms with Crippen molar-refractivity contribution < 1.29 is 0 Å². The number of rotatable bonds is 6. The van der Waals surface area contributed by atoms with E-state index in [1.54, 1.807) is 11.8 Å². The van der Waals surface area contributed by atoms with Crippen molar-refractivity contribution >= 4 is 23.3 Å². The second kappa shape index (κ2) is 6.18.